The Bertz CT molecular complexity index is 978. The number of pyridine rings is 1. The molecule has 24 heavy (non-hydrogen) atoms. The van der Waals surface area contributed by atoms with Crippen LogP contribution >= 0.6 is 34.8 Å². The molecule has 0 spiro atoms. The largest absolute Gasteiger partial charge is 0.383 e. The summed E-state index contributed by atoms with van der Waals surface area (Å²) in [4.78, 5) is 4.31. The topological polar surface area (TPSA) is 62.7 Å². The Morgan fingerprint density at radius 3 is 2.29 bits per heavy atom. The van der Waals surface area contributed by atoms with E-state index in [-0.39, 0.29) is 11.4 Å². The fourth-order valence-corrected chi connectivity index (χ4v) is 2.91. The second-order valence-corrected chi connectivity index (χ2v) is 6.26. The van der Waals surface area contributed by atoms with Crippen molar-refractivity contribution >= 4 is 40.6 Å². The van der Waals surface area contributed by atoms with Gasteiger partial charge in [-0.15, -0.1) is 0 Å². The molecule has 0 fully saturated rings. The van der Waals surface area contributed by atoms with Crippen LogP contribution < -0.4 is 5.73 Å². The van der Waals surface area contributed by atoms with Crippen molar-refractivity contribution in [3.63, 3.8) is 0 Å². The number of anilines is 1. The highest BCUT2D eigenvalue weighted by Gasteiger charge is 2.15. The van der Waals surface area contributed by atoms with Gasteiger partial charge in [0, 0.05) is 21.7 Å². The van der Waals surface area contributed by atoms with E-state index < -0.39 is 0 Å². The number of halogens is 3. The van der Waals surface area contributed by atoms with Crippen LogP contribution in [0.3, 0.4) is 0 Å². The zero-order chi connectivity index (χ0) is 17.3. The number of aromatic nitrogens is 1. The summed E-state index contributed by atoms with van der Waals surface area (Å²) < 4.78 is 0. The zero-order valence-corrected chi connectivity index (χ0v) is 14.5. The fraction of sp³-hybridized carbons (Fsp3) is 0. The first kappa shape index (κ1) is 16.6. The molecule has 6 heteroatoms. The van der Waals surface area contributed by atoms with E-state index in [2.05, 4.69) is 11.1 Å². The predicted octanol–water partition coefficient (Wildman–Crippen LogP) is 5.83. The van der Waals surface area contributed by atoms with Crippen LogP contribution in [0, 0.1) is 11.3 Å². The van der Waals surface area contributed by atoms with Gasteiger partial charge in [-0.05, 0) is 24.3 Å². The first-order valence-corrected chi connectivity index (χ1v) is 8.05. The molecule has 0 aliphatic rings. The highest BCUT2D eigenvalue weighted by atomic mass is 35.5. The van der Waals surface area contributed by atoms with E-state index in [1.807, 2.05) is 18.2 Å². The molecule has 0 atom stereocenters. The Morgan fingerprint density at radius 2 is 1.62 bits per heavy atom. The van der Waals surface area contributed by atoms with Crippen molar-refractivity contribution < 1.29 is 0 Å². The van der Waals surface area contributed by atoms with E-state index in [0.717, 1.165) is 5.56 Å². The maximum Gasteiger partial charge on any atom is 0.142 e. The third-order valence-corrected chi connectivity index (χ3v) is 4.61. The van der Waals surface area contributed by atoms with Crippen LogP contribution in [0.2, 0.25) is 15.1 Å². The molecule has 1 aromatic heterocycles. The van der Waals surface area contributed by atoms with E-state index in [4.69, 9.17) is 40.5 Å². The average Bonchev–Trinajstić information content (AvgIpc) is 2.57. The maximum atomic E-state index is 9.44. The molecule has 0 unspecified atom stereocenters. The molecule has 3 nitrogen and oxygen atoms in total. The van der Waals surface area contributed by atoms with Gasteiger partial charge >= 0.3 is 0 Å². The molecule has 0 saturated heterocycles. The van der Waals surface area contributed by atoms with Gasteiger partial charge in [-0.2, -0.15) is 5.26 Å². The number of nitriles is 1. The van der Waals surface area contributed by atoms with Crippen LogP contribution in [-0.4, -0.2) is 4.98 Å². The lowest BCUT2D eigenvalue weighted by atomic mass is 9.98. The normalized spacial score (nSPS) is 10.4. The van der Waals surface area contributed by atoms with Crippen LogP contribution in [0.25, 0.3) is 22.4 Å². The van der Waals surface area contributed by atoms with Crippen molar-refractivity contribution in [2.45, 2.75) is 0 Å². The quantitative estimate of drug-likeness (QED) is 0.614. The van der Waals surface area contributed by atoms with Gasteiger partial charge in [0.15, 0.2) is 0 Å². The minimum Gasteiger partial charge on any atom is -0.383 e. The fourth-order valence-electron chi connectivity index (χ4n) is 2.38. The van der Waals surface area contributed by atoms with E-state index in [1.54, 1.807) is 30.3 Å². The van der Waals surface area contributed by atoms with E-state index in [9.17, 15) is 5.26 Å². The van der Waals surface area contributed by atoms with Crippen molar-refractivity contribution in [1.29, 1.82) is 5.26 Å². The SMILES string of the molecule is N#Cc1c(-c2ccccc2Cl)cc(-c2ccc(Cl)c(Cl)c2)nc1N. The van der Waals surface area contributed by atoms with Gasteiger partial charge in [0.05, 0.1) is 15.7 Å². The first-order valence-electron chi connectivity index (χ1n) is 6.92. The van der Waals surface area contributed by atoms with E-state index >= 15 is 0 Å². The van der Waals surface area contributed by atoms with Crippen molar-refractivity contribution in [2.75, 3.05) is 5.73 Å². The summed E-state index contributed by atoms with van der Waals surface area (Å²) in [7, 11) is 0. The number of rotatable bonds is 2. The van der Waals surface area contributed by atoms with Gasteiger partial charge in [-0.1, -0.05) is 59.1 Å². The van der Waals surface area contributed by atoms with Crippen molar-refractivity contribution in [2.24, 2.45) is 0 Å². The second-order valence-electron chi connectivity index (χ2n) is 5.04. The lowest BCUT2D eigenvalue weighted by Gasteiger charge is -2.12. The lowest BCUT2D eigenvalue weighted by Crippen LogP contribution is -2.00. The van der Waals surface area contributed by atoms with Gasteiger partial charge in [0.2, 0.25) is 0 Å². The summed E-state index contributed by atoms with van der Waals surface area (Å²) >= 11 is 18.3. The van der Waals surface area contributed by atoms with E-state index in [1.165, 1.54) is 0 Å². The molecular weight excluding hydrogens is 365 g/mol. The van der Waals surface area contributed by atoms with Crippen molar-refractivity contribution in [1.82, 2.24) is 4.98 Å². The summed E-state index contributed by atoms with van der Waals surface area (Å²) in [5, 5.41) is 10.8. The Hall–Kier alpha value is -2.25. The molecular formula is C18H10Cl3N3. The van der Waals surface area contributed by atoms with Crippen molar-refractivity contribution in [3.8, 4) is 28.5 Å². The third kappa shape index (κ3) is 3.05. The Morgan fingerprint density at radius 1 is 0.875 bits per heavy atom. The number of hydrogen-bond acceptors (Lipinski definition) is 3. The van der Waals surface area contributed by atoms with E-state index in [0.29, 0.717) is 31.9 Å². The van der Waals surface area contributed by atoms with Gasteiger partial charge in [-0.25, -0.2) is 4.98 Å². The Balaban J connectivity index is 2.26. The average molecular weight is 375 g/mol. The Labute approximate surface area is 154 Å². The van der Waals surface area contributed by atoms with Crippen molar-refractivity contribution in [3.05, 3.63) is 69.2 Å². The molecule has 0 aliphatic heterocycles. The number of nitrogens with two attached hydrogens (primary N) is 1. The summed E-state index contributed by atoms with van der Waals surface area (Å²) in [5.74, 6) is 0.135. The van der Waals surface area contributed by atoms with Crippen LogP contribution in [0.15, 0.2) is 48.5 Å². The predicted molar refractivity (Wildman–Crippen MR) is 99.3 cm³/mol. The monoisotopic (exact) mass is 373 g/mol. The number of hydrogen-bond donors (Lipinski definition) is 1. The molecule has 118 valence electrons. The van der Waals surface area contributed by atoms with Crippen LogP contribution in [-0.2, 0) is 0 Å². The lowest BCUT2D eigenvalue weighted by molar-refractivity contribution is 1.31. The molecule has 0 saturated carbocycles. The zero-order valence-electron chi connectivity index (χ0n) is 12.2. The van der Waals surface area contributed by atoms with Gasteiger partial charge in [0.1, 0.15) is 17.5 Å². The molecule has 3 aromatic rings. The Kier molecular flexibility index (Phi) is 4.64. The minimum absolute atomic E-state index is 0.135. The first-order chi connectivity index (χ1) is 11.5. The van der Waals surface area contributed by atoms with Crippen LogP contribution in [0.5, 0.6) is 0 Å². The second kappa shape index (κ2) is 6.70. The minimum atomic E-state index is 0.135. The molecule has 2 aromatic carbocycles. The molecule has 0 amide bonds. The molecule has 2 N–H and O–H groups in total. The number of benzene rings is 2. The summed E-state index contributed by atoms with van der Waals surface area (Å²) in [6.07, 6.45) is 0. The van der Waals surface area contributed by atoms with Crippen LogP contribution in [0.1, 0.15) is 5.56 Å². The summed E-state index contributed by atoms with van der Waals surface area (Å²) in [6, 6.07) is 16.3. The van der Waals surface area contributed by atoms with Gasteiger partial charge in [0.25, 0.3) is 0 Å². The smallest absolute Gasteiger partial charge is 0.142 e. The summed E-state index contributed by atoms with van der Waals surface area (Å²) in [5.41, 5.74) is 8.94. The highest BCUT2D eigenvalue weighted by molar-refractivity contribution is 6.42. The molecule has 1 heterocycles. The number of nitrogen functional groups attached to an aromatic ring is 1. The third-order valence-electron chi connectivity index (χ3n) is 3.54. The van der Waals surface area contributed by atoms with Crippen LogP contribution in [0.4, 0.5) is 5.82 Å². The maximum absolute atomic E-state index is 9.44. The molecule has 0 bridgehead atoms. The summed E-state index contributed by atoms with van der Waals surface area (Å²) in [6.45, 7) is 0. The molecule has 3 rings (SSSR count). The highest BCUT2D eigenvalue weighted by Crippen LogP contribution is 2.36. The molecule has 0 aliphatic carbocycles. The van der Waals surface area contributed by atoms with Gasteiger partial charge < -0.3 is 5.73 Å². The number of nitrogens with zero attached hydrogens (tertiary/aromatic N) is 2. The molecule has 0 radical (unpaired) electrons. The van der Waals surface area contributed by atoms with Gasteiger partial charge in [-0.3, -0.25) is 0 Å². The standard InChI is InChI=1S/C18H10Cl3N3/c19-14-4-2-1-3-11(14)12-8-17(24-18(23)13(12)9-22)10-5-6-15(20)16(21)7-10/h1-8H,(H2,23,24).